The summed E-state index contributed by atoms with van der Waals surface area (Å²) in [6.45, 7) is 5.32. The van der Waals surface area contributed by atoms with E-state index in [4.69, 9.17) is 0 Å². The van der Waals surface area contributed by atoms with Crippen LogP contribution in [0.25, 0.3) is 0 Å². The Morgan fingerprint density at radius 3 is 2.63 bits per heavy atom. The number of aliphatic hydroxyl groups excluding tert-OH is 1. The van der Waals surface area contributed by atoms with Crippen molar-refractivity contribution in [2.75, 3.05) is 6.54 Å². The van der Waals surface area contributed by atoms with E-state index in [1.165, 1.54) is 25.7 Å². The Kier molecular flexibility index (Phi) is 5.41. The van der Waals surface area contributed by atoms with Gasteiger partial charge in [0.05, 0.1) is 6.10 Å². The zero-order valence-electron chi connectivity index (χ0n) is 12.2. The number of hydrogen-bond donors (Lipinski definition) is 2. The van der Waals surface area contributed by atoms with Crippen LogP contribution in [0.4, 0.5) is 0 Å². The van der Waals surface area contributed by atoms with Crippen LogP contribution in [0.3, 0.4) is 0 Å². The fraction of sp³-hybridized carbons (Fsp3) is 0.647. The van der Waals surface area contributed by atoms with Gasteiger partial charge in [-0.25, -0.2) is 0 Å². The van der Waals surface area contributed by atoms with Gasteiger partial charge < -0.3 is 10.4 Å². The summed E-state index contributed by atoms with van der Waals surface area (Å²) in [6, 6.07) is 10.5. The third-order valence-corrected chi connectivity index (χ3v) is 4.44. The first kappa shape index (κ1) is 14.5. The monoisotopic (exact) mass is 261 g/mol. The van der Waals surface area contributed by atoms with E-state index in [2.05, 4.69) is 19.2 Å². The van der Waals surface area contributed by atoms with E-state index in [1.807, 2.05) is 30.3 Å². The summed E-state index contributed by atoms with van der Waals surface area (Å²) in [5.74, 6) is 1.63. The highest BCUT2D eigenvalue weighted by atomic mass is 16.3. The molecule has 2 heteroatoms. The minimum atomic E-state index is -0.388. The molecule has 1 aliphatic rings. The molecular weight excluding hydrogens is 234 g/mol. The first-order chi connectivity index (χ1) is 9.16. The van der Waals surface area contributed by atoms with E-state index < -0.39 is 0 Å². The Balaban J connectivity index is 1.79. The Bertz CT molecular complexity index is 363. The fourth-order valence-electron chi connectivity index (χ4n) is 3.09. The van der Waals surface area contributed by atoms with Gasteiger partial charge in [0.2, 0.25) is 0 Å². The summed E-state index contributed by atoms with van der Waals surface area (Å²) in [6.07, 6.45) is 4.82. The van der Waals surface area contributed by atoms with Gasteiger partial charge in [0, 0.05) is 12.6 Å². The maximum atomic E-state index is 10.2. The lowest BCUT2D eigenvalue weighted by Crippen LogP contribution is -2.37. The highest BCUT2D eigenvalue weighted by Gasteiger charge is 2.24. The molecule has 3 atom stereocenters. The Hall–Kier alpha value is -0.860. The highest BCUT2D eigenvalue weighted by Crippen LogP contribution is 2.30. The molecule has 2 nitrogen and oxygen atoms in total. The normalized spacial score (nSPS) is 25.5. The highest BCUT2D eigenvalue weighted by molar-refractivity contribution is 5.17. The van der Waals surface area contributed by atoms with E-state index in [0.29, 0.717) is 12.6 Å². The van der Waals surface area contributed by atoms with Crippen LogP contribution in [0.2, 0.25) is 0 Å². The lowest BCUT2D eigenvalue weighted by atomic mass is 9.79. The largest absolute Gasteiger partial charge is 0.387 e. The van der Waals surface area contributed by atoms with Gasteiger partial charge >= 0.3 is 0 Å². The lowest BCUT2D eigenvalue weighted by molar-refractivity contribution is 0.156. The molecule has 2 N–H and O–H groups in total. The van der Waals surface area contributed by atoms with E-state index in [-0.39, 0.29) is 6.10 Å². The Morgan fingerprint density at radius 2 is 1.95 bits per heavy atom. The average molecular weight is 261 g/mol. The molecule has 19 heavy (non-hydrogen) atoms. The quantitative estimate of drug-likeness (QED) is 0.850. The van der Waals surface area contributed by atoms with Gasteiger partial charge in [0.1, 0.15) is 0 Å². The van der Waals surface area contributed by atoms with E-state index >= 15 is 0 Å². The zero-order valence-corrected chi connectivity index (χ0v) is 12.2. The summed E-state index contributed by atoms with van der Waals surface area (Å²) in [5, 5.41) is 13.7. The minimum absolute atomic E-state index is 0.388. The van der Waals surface area contributed by atoms with Gasteiger partial charge in [0.25, 0.3) is 0 Å². The van der Waals surface area contributed by atoms with Gasteiger partial charge in [-0.1, -0.05) is 57.0 Å². The van der Waals surface area contributed by atoms with Crippen molar-refractivity contribution in [2.45, 2.75) is 51.7 Å². The minimum Gasteiger partial charge on any atom is -0.387 e. The smallest absolute Gasteiger partial charge is 0.0914 e. The molecule has 0 aliphatic heterocycles. The maximum Gasteiger partial charge on any atom is 0.0914 e. The molecule has 0 saturated heterocycles. The van der Waals surface area contributed by atoms with Crippen LogP contribution < -0.4 is 5.32 Å². The number of hydrogen-bond acceptors (Lipinski definition) is 2. The molecule has 0 radical (unpaired) electrons. The maximum absolute atomic E-state index is 10.2. The second-order valence-electron chi connectivity index (χ2n) is 6.20. The van der Waals surface area contributed by atoms with Crippen LogP contribution in [0.15, 0.2) is 30.3 Å². The van der Waals surface area contributed by atoms with E-state index in [0.717, 1.165) is 17.4 Å². The van der Waals surface area contributed by atoms with Crippen molar-refractivity contribution in [3.63, 3.8) is 0 Å². The topological polar surface area (TPSA) is 32.3 Å². The number of rotatable bonds is 5. The lowest BCUT2D eigenvalue weighted by Gasteiger charge is -2.32. The van der Waals surface area contributed by atoms with Gasteiger partial charge in [0.15, 0.2) is 0 Å². The van der Waals surface area contributed by atoms with Crippen LogP contribution >= 0.6 is 0 Å². The van der Waals surface area contributed by atoms with Crippen molar-refractivity contribution in [2.24, 2.45) is 11.8 Å². The molecule has 1 aromatic carbocycles. The second-order valence-corrected chi connectivity index (χ2v) is 6.20. The van der Waals surface area contributed by atoms with Crippen molar-refractivity contribution >= 4 is 0 Å². The van der Waals surface area contributed by atoms with Crippen LogP contribution in [0.1, 0.15) is 51.2 Å². The van der Waals surface area contributed by atoms with Gasteiger partial charge in [-0.3, -0.25) is 0 Å². The molecule has 0 aromatic heterocycles. The number of nitrogens with one attached hydrogen (secondary N) is 1. The zero-order chi connectivity index (χ0) is 13.7. The SMILES string of the molecule is CC(C)C1CCCC(NCC(O)c2ccccc2)C1. The third-order valence-electron chi connectivity index (χ3n) is 4.44. The van der Waals surface area contributed by atoms with Crippen molar-refractivity contribution in [1.29, 1.82) is 0 Å². The van der Waals surface area contributed by atoms with Crippen molar-refractivity contribution in [3.8, 4) is 0 Å². The van der Waals surface area contributed by atoms with Crippen molar-refractivity contribution in [3.05, 3.63) is 35.9 Å². The molecule has 0 heterocycles. The molecule has 106 valence electrons. The molecule has 3 unspecified atom stereocenters. The first-order valence-electron chi connectivity index (χ1n) is 7.63. The van der Waals surface area contributed by atoms with Crippen LogP contribution in [-0.2, 0) is 0 Å². The van der Waals surface area contributed by atoms with Crippen LogP contribution in [0, 0.1) is 11.8 Å². The van der Waals surface area contributed by atoms with Crippen LogP contribution in [-0.4, -0.2) is 17.7 Å². The van der Waals surface area contributed by atoms with Gasteiger partial charge in [-0.15, -0.1) is 0 Å². The molecule has 1 aliphatic carbocycles. The third kappa shape index (κ3) is 4.32. The predicted octanol–water partition coefficient (Wildman–Crippen LogP) is 3.52. The van der Waals surface area contributed by atoms with Crippen molar-refractivity contribution < 1.29 is 5.11 Å². The molecule has 2 rings (SSSR count). The molecule has 0 bridgehead atoms. The molecule has 1 aromatic rings. The summed E-state index contributed by atoms with van der Waals surface area (Å²) < 4.78 is 0. The predicted molar refractivity (Wildman–Crippen MR) is 80.0 cm³/mol. The van der Waals surface area contributed by atoms with Crippen LogP contribution in [0.5, 0.6) is 0 Å². The molecule has 1 saturated carbocycles. The summed E-state index contributed by atoms with van der Waals surface area (Å²) in [5.41, 5.74) is 1.01. The summed E-state index contributed by atoms with van der Waals surface area (Å²) in [4.78, 5) is 0. The molecule has 1 fully saturated rings. The fourth-order valence-corrected chi connectivity index (χ4v) is 3.09. The molecular formula is C17H27NO. The first-order valence-corrected chi connectivity index (χ1v) is 7.63. The van der Waals surface area contributed by atoms with Crippen molar-refractivity contribution in [1.82, 2.24) is 5.32 Å². The molecule has 0 amide bonds. The summed E-state index contributed by atoms with van der Waals surface area (Å²) in [7, 11) is 0. The Morgan fingerprint density at radius 1 is 1.21 bits per heavy atom. The number of aliphatic hydroxyl groups is 1. The summed E-state index contributed by atoms with van der Waals surface area (Å²) >= 11 is 0. The van der Waals surface area contributed by atoms with Gasteiger partial charge in [-0.2, -0.15) is 0 Å². The standard InChI is InChI=1S/C17H27NO/c1-13(2)15-9-6-10-16(11-15)18-12-17(19)14-7-4-3-5-8-14/h3-5,7-8,13,15-19H,6,9-12H2,1-2H3. The Labute approximate surface area is 117 Å². The second kappa shape index (κ2) is 7.06. The number of benzene rings is 1. The van der Waals surface area contributed by atoms with E-state index in [9.17, 15) is 5.11 Å². The average Bonchev–Trinajstić information content (AvgIpc) is 2.46. The van der Waals surface area contributed by atoms with Gasteiger partial charge in [-0.05, 0) is 30.2 Å². The molecule has 0 spiro atoms. The van der Waals surface area contributed by atoms with E-state index in [1.54, 1.807) is 0 Å².